The van der Waals surface area contributed by atoms with Crippen LogP contribution in [0, 0.1) is 12.7 Å². The lowest BCUT2D eigenvalue weighted by Crippen LogP contribution is -2.34. The van der Waals surface area contributed by atoms with Crippen molar-refractivity contribution in [2.24, 2.45) is 0 Å². The molecular weight excluding hydrogens is 335 g/mol. The fourth-order valence-electron chi connectivity index (χ4n) is 2.15. The summed E-state index contributed by atoms with van der Waals surface area (Å²) in [6.45, 7) is 6.09. The van der Waals surface area contributed by atoms with Crippen LogP contribution >= 0.6 is 0 Å². The molecule has 6 heteroatoms. The summed E-state index contributed by atoms with van der Waals surface area (Å²) >= 11 is 0. The van der Waals surface area contributed by atoms with Crippen molar-refractivity contribution in [3.05, 3.63) is 77.6 Å². The minimum absolute atomic E-state index is 0.237. The molecule has 136 valence electrons. The highest BCUT2D eigenvalue weighted by atomic mass is 19.1. The van der Waals surface area contributed by atoms with E-state index in [9.17, 15) is 14.0 Å². The summed E-state index contributed by atoms with van der Waals surface area (Å²) in [6.07, 6.45) is 1.64. The number of aryl methyl sites for hydroxylation is 1. The standard InChI is InChI=1S/C20H21FN2O3/c1-3-12-26-17-8-6-15(7-9-17)19(24)22-10-11-23-20(25)16-5-4-14(2)18(21)13-16/h3-9,13H,1,10-12H2,2H3,(H,22,24)(H,23,25). The topological polar surface area (TPSA) is 67.4 Å². The fraction of sp³-hybridized carbons (Fsp3) is 0.200. The summed E-state index contributed by atoms with van der Waals surface area (Å²) in [5, 5.41) is 5.34. The Hall–Kier alpha value is -3.15. The van der Waals surface area contributed by atoms with Gasteiger partial charge < -0.3 is 15.4 Å². The Labute approximate surface area is 151 Å². The second kappa shape index (κ2) is 9.36. The van der Waals surface area contributed by atoms with Crippen molar-refractivity contribution in [2.45, 2.75) is 6.92 Å². The van der Waals surface area contributed by atoms with E-state index >= 15 is 0 Å². The number of nitrogens with one attached hydrogen (secondary N) is 2. The lowest BCUT2D eigenvalue weighted by atomic mass is 10.1. The number of carbonyl (C=O) groups is 2. The minimum Gasteiger partial charge on any atom is -0.490 e. The van der Waals surface area contributed by atoms with Crippen molar-refractivity contribution in [1.82, 2.24) is 10.6 Å². The van der Waals surface area contributed by atoms with E-state index in [0.29, 0.717) is 23.5 Å². The first-order valence-corrected chi connectivity index (χ1v) is 8.17. The van der Waals surface area contributed by atoms with Crippen LogP contribution in [-0.2, 0) is 0 Å². The fourth-order valence-corrected chi connectivity index (χ4v) is 2.15. The van der Waals surface area contributed by atoms with Gasteiger partial charge in [0.25, 0.3) is 11.8 Å². The number of hydrogen-bond donors (Lipinski definition) is 2. The smallest absolute Gasteiger partial charge is 0.251 e. The van der Waals surface area contributed by atoms with Crippen LogP contribution in [-0.4, -0.2) is 31.5 Å². The summed E-state index contributed by atoms with van der Waals surface area (Å²) in [5.41, 5.74) is 1.21. The number of hydrogen-bond acceptors (Lipinski definition) is 3. The van der Waals surface area contributed by atoms with E-state index in [1.165, 1.54) is 6.07 Å². The second-order valence-electron chi connectivity index (χ2n) is 5.60. The zero-order valence-electron chi connectivity index (χ0n) is 14.5. The molecule has 2 N–H and O–H groups in total. The molecule has 2 aromatic rings. The van der Waals surface area contributed by atoms with Gasteiger partial charge in [0.05, 0.1) is 0 Å². The van der Waals surface area contributed by atoms with Gasteiger partial charge in [0.1, 0.15) is 18.2 Å². The van der Waals surface area contributed by atoms with Crippen molar-refractivity contribution < 1.29 is 18.7 Å². The zero-order valence-corrected chi connectivity index (χ0v) is 14.5. The van der Waals surface area contributed by atoms with Crippen LogP contribution in [0.25, 0.3) is 0 Å². The first-order chi connectivity index (χ1) is 12.5. The van der Waals surface area contributed by atoms with Crippen LogP contribution in [0.15, 0.2) is 55.1 Å². The average Bonchev–Trinajstić information content (AvgIpc) is 2.65. The van der Waals surface area contributed by atoms with Gasteiger partial charge in [-0.1, -0.05) is 18.7 Å². The highest BCUT2D eigenvalue weighted by molar-refractivity contribution is 5.95. The zero-order chi connectivity index (χ0) is 18.9. The normalized spacial score (nSPS) is 10.1. The van der Waals surface area contributed by atoms with Crippen LogP contribution in [0.5, 0.6) is 5.75 Å². The van der Waals surface area contributed by atoms with Gasteiger partial charge in [-0.05, 0) is 48.9 Å². The molecule has 0 fully saturated rings. The maximum Gasteiger partial charge on any atom is 0.251 e. The molecule has 0 aliphatic carbocycles. The molecule has 0 saturated carbocycles. The van der Waals surface area contributed by atoms with Crippen LogP contribution in [0.2, 0.25) is 0 Å². The number of carbonyl (C=O) groups excluding carboxylic acids is 2. The van der Waals surface area contributed by atoms with E-state index in [1.54, 1.807) is 49.4 Å². The molecule has 0 saturated heterocycles. The quantitative estimate of drug-likeness (QED) is 0.565. The number of ether oxygens (including phenoxy) is 1. The Morgan fingerprint density at radius 3 is 2.19 bits per heavy atom. The molecule has 0 unspecified atom stereocenters. The van der Waals surface area contributed by atoms with E-state index in [2.05, 4.69) is 17.2 Å². The highest BCUT2D eigenvalue weighted by Crippen LogP contribution is 2.12. The maximum absolute atomic E-state index is 13.5. The Balaban J connectivity index is 1.76. The van der Waals surface area contributed by atoms with Crippen molar-refractivity contribution in [2.75, 3.05) is 19.7 Å². The molecule has 2 rings (SSSR count). The minimum atomic E-state index is -0.425. The lowest BCUT2D eigenvalue weighted by Gasteiger charge is -2.08. The monoisotopic (exact) mass is 356 g/mol. The van der Waals surface area contributed by atoms with Gasteiger partial charge >= 0.3 is 0 Å². The number of benzene rings is 2. The van der Waals surface area contributed by atoms with E-state index in [0.717, 1.165) is 0 Å². The third-order valence-electron chi connectivity index (χ3n) is 3.61. The molecule has 2 amide bonds. The van der Waals surface area contributed by atoms with Gasteiger partial charge in [0.2, 0.25) is 0 Å². The molecule has 0 spiro atoms. The van der Waals surface area contributed by atoms with E-state index in [-0.39, 0.29) is 30.5 Å². The molecule has 26 heavy (non-hydrogen) atoms. The summed E-state index contributed by atoms with van der Waals surface area (Å²) < 4.78 is 18.8. The molecule has 0 aliphatic heterocycles. The molecule has 0 bridgehead atoms. The molecule has 2 aromatic carbocycles. The predicted molar refractivity (Wildman–Crippen MR) is 97.9 cm³/mol. The Morgan fingerprint density at radius 2 is 1.62 bits per heavy atom. The second-order valence-corrected chi connectivity index (χ2v) is 5.60. The van der Waals surface area contributed by atoms with Crippen molar-refractivity contribution in [1.29, 1.82) is 0 Å². The SMILES string of the molecule is C=CCOc1ccc(C(=O)NCCNC(=O)c2ccc(C)c(F)c2)cc1. The van der Waals surface area contributed by atoms with Crippen molar-refractivity contribution >= 4 is 11.8 Å². The lowest BCUT2D eigenvalue weighted by molar-refractivity contribution is 0.0927. The van der Waals surface area contributed by atoms with E-state index < -0.39 is 5.82 Å². The molecule has 5 nitrogen and oxygen atoms in total. The summed E-state index contributed by atoms with van der Waals surface area (Å²) in [4.78, 5) is 24.0. The van der Waals surface area contributed by atoms with Gasteiger partial charge in [-0.15, -0.1) is 0 Å². The van der Waals surface area contributed by atoms with Gasteiger partial charge in [-0.3, -0.25) is 9.59 Å². The third-order valence-corrected chi connectivity index (χ3v) is 3.61. The van der Waals surface area contributed by atoms with Crippen LogP contribution < -0.4 is 15.4 Å². The molecule has 0 atom stereocenters. The van der Waals surface area contributed by atoms with Gasteiger partial charge in [-0.2, -0.15) is 0 Å². The predicted octanol–water partition coefficient (Wildman–Crippen LogP) is 2.86. The molecule has 0 heterocycles. The largest absolute Gasteiger partial charge is 0.490 e. The third kappa shape index (κ3) is 5.44. The van der Waals surface area contributed by atoms with Crippen LogP contribution in [0.1, 0.15) is 26.3 Å². The van der Waals surface area contributed by atoms with Crippen LogP contribution in [0.4, 0.5) is 4.39 Å². The summed E-state index contributed by atoms with van der Waals surface area (Å²) in [6, 6.07) is 11.0. The molecule has 0 aliphatic rings. The Kier molecular flexibility index (Phi) is 6.91. The van der Waals surface area contributed by atoms with Crippen molar-refractivity contribution in [3.8, 4) is 5.75 Å². The summed E-state index contributed by atoms with van der Waals surface area (Å²) in [5.74, 6) is -0.414. The van der Waals surface area contributed by atoms with Gasteiger partial charge in [0, 0.05) is 24.2 Å². The number of halogens is 1. The number of amides is 2. The number of rotatable bonds is 8. The average molecular weight is 356 g/mol. The Bertz CT molecular complexity index is 788. The molecular formula is C20H21FN2O3. The van der Waals surface area contributed by atoms with Crippen molar-refractivity contribution in [3.63, 3.8) is 0 Å². The van der Waals surface area contributed by atoms with Gasteiger partial charge in [0.15, 0.2) is 0 Å². The van der Waals surface area contributed by atoms with E-state index in [4.69, 9.17) is 4.74 Å². The summed E-state index contributed by atoms with van der Waals surface area (Å²) in [7, 11) is 0. The Morgan fingerprint density at radius 1 is 1.04 bits per heavy atom. The van der Waals surface area contributed by atoms with Crippen LogP contribution in [0.3, 0.4) is 0 Å². The van der Waals surface area contributed by atoms with E-state index in [1.807, 2.05) is 0 Å². The first-order valence-electron chi connectivity index (χ1n) is 8.17. The maximum atomic E-state index is 13.5. The van der Waals surface area contributed by atoms with Gasteiger partial charge in [-0.25, -0.2) is 4.39 Å². The molecule has 0 radical (unpaired) electrons. The highest BCUT2D eigenvalue weighted by Gasteiger charge is 2.08. The molecule has 0 aromatic heterocycles. The first kappa shape index (κ1) is 19.2.